The topological polar surface area (TPSA) is 63.2 Å². The average molecular weight is 263 g/mol. The quantitative estimate of drug-likeness (QED) is 0.850. The molecule has 104 valence electrons. The van der Waals surface area contributed by atoms with Gasteiger partial charge in [-0.15, -0.1) is 0 Å². The van der Waals surface area contributed by atoms with Gasteiger partial charge >= 0.3 is 0 Å². The number of nitrogens with one attached hydrogen (secondary N) is 2. The number of amides is 1. The number of rotatable bonds is 5. The second-order valence-electron chi connectivity index (χ2n) is 5.04. The highest BCUT2D eigenvalue weighted by molar-refractivity contribution is 5.93. The Balaban J connectivity index is 1.97. The molecule has 0 spiro atoms. The number of hydrogen-bond donors (Lipinski definition) is 2. The Morgan fingerprint density at radius 1 is 1.58 bits per heavy atom. The van der Waals surface area contributed by atoms with Gasteiger partial charge in [0.15, 0.2) is 0 Å². The van der Waals surface area contributed by atoms with Gasteiger partial charge in [0.1, 0.15) is 5.69 Å². The Labute approximate surface area is 113 Å². The van der Waals surface area contributed by atoms with Crippen molar-refractivity contribution < 1.29 is 9.53 Å². The van der Waals surface area contributed by atoms with Gasteiger partial charge in [-0.25, -0.2) is 0 Å². The normalized spacial score (nSPS) is 22.2. The third kappa shape index (κ3) is 3.67. The molecule has 2 rings (SSSR count). The summed E-state index contributed by atoms with van der Waals surface area (Å²) in [5.41, 5.74) is 1.23. The van der Waals surface area contributed by atoms with E-state index in [0.29, 0.717) is 12.2 Å². The molecule has 0 bridgehead atoms. The van der Waals surface area contributed by atoms with E-state index in [9.17, 15) is 4.79 Å². The Morgan fingerprint density at radius 3 is 3.11 bits per heavy atom. The lowest BCUT2D eigenvalue weighted by Crippen LogP contribution is -2.32. The highest BCUT2D eigenvalue weighted by Gasteiger charge is 2.29. The minimum Gasteiger partial charge on any atom is -0.382 e. The maximum absolute atomic E-state index is 11.7. The molecule has 1 aliphatic heterocycles. The number of carbonyl (C=O) groups is 1. The predicted molar refractivity (Wildman–Crippen MR) is 74.3 cm³/mol. The average Bonchev–Trinajstić information content (AvgIpc) is 2.85. The molecule has 19 heavy (non-hydrogen) atoms. The first-order valence-electron chi connectivity index (χ1n) is 6.75. The summed E-state index contributed by atoms with van der Waals surface area (Å²) in [6.07, 6.45) is 3.82. The fourth-order valence-corrected chi connectivity index (χ4v) is 2.18. The van der Waals surface area contributed by atoms with Crippen LogP contribution in [0.4, 0.5) is 5.69 Å². The zero-order valence-electron chi connectivity index (χ0n) is 11.5. The summed E-state index contributed by atoms with van der Waals surface area (Å²) in [5.74, 6) is -0.144. The van der Waals surface area contributed by atoms with Crippen molar-refractivity contribution in [2.75, 3.05) is 25.0 Å². The van der Waals surface area contributed by atoms with Crippen molar-refractivity contribution >= 4 is 11.6 Å². The van der Waals surface area contributed by atoms with E-state index >= 15 is 0 Å². The van der Waals surface area contributed by atoms with Crippen molar-refractivity contribution in [1.29, 1.82) is 0 Å². The Kier molecular flexibility index (Phi) is 4.37. The number of pyridine rings is 1. The third-order valence-corrected chi connectivity index (χ3v) is 3.30. The molecular weight excluding hydrogens is 242 g/mol. The molecule has 0 aliphatic carbocycles. The number of ether oxygens (including phenoxy) is 1. The lowest BCUT2D eigenvalue weighted by molar-refractivity contribution is 0.0315. The van der Waals surface area contributed by atoms with Crippen molar-refractivity contribution in [2.45, 2.75) is 32.3 Å². The zero-order valence-corrected chi connectivity index (χ0v) is 11.5. The van der Waals surface area contributed by atoms with Gasteiger partial charge in [0, 0.05) is 31.6 Å². The molecule has 2 N–H and O–H groups in total. The number of aromatic nitrogens is 1. The molecule has 5 nitrogen and oxygen atoms in total. The lowest BCUT2D eigenvalue weighted by atomic mass is 10.0. The zero-order chi connectivity index (χ0) is 13.7. The van der Waals surface area contributed by atoms with Crippen LogP contribution in [0.15, 0.2) is 18.3 Å². The van der Waals surface area contributed by atoms with Crippen LogP contribution in [0.2, 0.25) is 0 Å². The first-order valence-corrected chi connectivity index (χ1v) is 6.75. The highest BCUT2D eigenvalue weighted by Crippen LogP contribution is 2.25. The summed E-state index contributed by atoms with van der Waals surface area (Å²) >= 11 is 0. The van der Waals surface area contributed by atoms with Crippen LogP contribution in [0.5, 0.6) is 0 Å². The van der Waals surface area contributed by atoms with Gasteiger partial charge in [0.25, 0.3) is 5.91 Å². The number of anilines is 1. The molecule has 1 aromatic heterocycles. The van der Waals surface area contributed by atoms with Gasteiger partial charge in [-0.2, -0.15) is 0 Å². The molecule has 0 aromatic carbocycles. The standard InChI is InChI=1S/C14H21N3O2/c1-3-15-13(18)12-9-11(5-7-16-12)17-10-14(2)6-4-8-19-14/h5,7,9H,3-4,6,8,10H2,1-2H3,(H,15,18)(H,16,17). The second-order valence-corrected chi connectivity index (χ2v) is 5.04. The van der Waals surface area contributed by atoms with E-state index in [1.54, 1.807) is 12.3 Å². The molecule has 1 unspecified atom stereocenters. The minimum atomic E-state index is -0.144. The van der Waals surface area contributed by atoms with Crippen molar-refractivity contribution in [2.24, 2.45) is 0 Å². The summed E-state index contributed by atoms with van der Waals surface area (Å²) < 4.78 is 5.72. The fraction of sp³-hybridized carbons (Fsp3) is 0.571. The Morgan fingerprint density at radius 2 is 2.42 bits per heavy atom. The van der Waals surface area contributed by atoms with Crippen LogP contribution in [0, 0.1) is 0 Å². The summed E-state index contributed by atoms with van der Waals surface area (Å²) in [6.45, 7) is 6.17. The smallest absolute Gasteiger partial charge is 0.269 e. The van der Waals surface area contributed by atoms with E-state index in [4.69, 9.17) is 4.74 Å². The first-order chi connectivity index (χ1) is 9.13. The van der Waals surface area contributed by atoms with Gasteiger partial charge in [0.2, 0.25) is 0 Å². The van der Waals surface area contributed by atoms with Crippen LogP contribution in [0.25, 0.3) is 0 Å². The molecule has 1 amide bonds. The van der Waals surface area contributed by atoms with E-state index < -0.39 is 0 Å². The largest absolute Gasteiger partial charge is 0.382 e. The van der Waals surface area contributed by atoms with E-state index in [1.807, 2.05) is 13.0 Å². The number of carbonyl (C=O) groups excluding carboxylic acids is 1. The van der Waals surface area contributed by atoms with Gasteiger partial charge in [-0.3, -0.25) is 9.78 Å². The van der Waals surface area contributed by atoms with Gasteiger partial charge < -0.3 is 15.4 Å². The van der Waals surface area contributed by atoms with E-state index in [0.717, 1.165) is 31.7 Å². The molecule has 1 saturated heterocycles. The molecule has 1 atom stereocenters. The summed E-state index contributed by atoms with van der Waals surface area (Å²) in [5, 5.41) is 6.06. The van der Waals surface area contributed by atoms with Crippen molar-refractivity contribution in [3.05, 3.63) is 24.0 Å². The second kappa shape index (κ2) is 6.02. The Hall–Kier alpha value is -1.62. The van der Waals surface area contributed by atoms with Gasteiger partial charge in [-0.05, 0) is 38.8 Å². The van der Waals surface area contributed by atoms with E-state index in [2.05, 4.69) is 22.5 Å². The van der Waals surface area contributed by atoms with Crippen LogP contribution < -0.4 is 10.6 Å². The molecule has 1 fully saturated rings. The van der Waals surface area contributed by atoms with Crippen LogP contribution in [-0.4, -0.2) is 36.2 Å². The Bertz CT molecular complexity index is 442. The molecule has 2 heterocycles. The first kappa shape index (κ1) is 13.8. The number of nitrogens with zero attached hydrogens (tertiary/aromatic N) is 1. The number of hydrogen-bond acceptors (Lipinski definition) is 4. The lowest BCUT2D eigenvalue weighted by Gasteiger charge is -2.24. The van der Waals surface area contributed by atoms with Gasteiger partial charge in [0.05, 0.1) is 5.60 Å². The molecule has 1 aliphatic rings. The van der Waals surface area contributed by atoms with Crippen LogP contribution in [0.1, 0.15) is 37.2 Å². The van der Waals surface area contributed by atoms with Crippen LogP contribution in [0.3, 0.4) is 0 Å². The van der Waals surface area contributed by atoms with Crippen LogP contribution in [-0.2, 0) is 4.74 Å². The molecular formula is C14H21N3O2. The highest BCUT2D eigenvalue weighted by atomic mass is 16.5. The monoisotopic (exact) mass is 263 g/mol. The van der Waals surface area contributed by atoms with Gasteiger partial charge in [-0.1, -0.05) is 0 Å². The van der Waals surface area contributed by atoms with E-state index in [1.165, 1.54) is 0 Å². The SMILES string of the molecule is CCNC(=O)c1cc(NCC2(C)CCCO2)ccn1. The predicted octanol–water partition coefficient (Wildman–Crippen LogP) is 1.81. The van der Waals surface area contributed by atoms with Crippen molar-refractivity contribution in [3.8, 4) is 0 Å². The van der Waals surface area contributed by atoms with Crippen molar-refractivity contribution in [3.63, 3.8) is 0 Å². The molecule has 5 heteroatoms. The maximum atomic E-state index is 11.7. The van der Waals surface area contributed by atoms with E-state index in [-0.39, 0.29) is 11.5 Å². The fourth-order valence-electron chi connectivity index (χ4n) is 2.18. The summed E-state index contributed by atoms with van der Waals surface area (Å²) in [6, 6.07) is 3.63. The maximum Gasteiger partial charge on any atom is 0.269 e. The van der Waals surface area contributed by atoms with Crippen LogP contribution >= 0.6 is 0 Å². The summed E-state index contributed by atoms with van der Waals surface area (Å²) in [4.78, 5) is 15.8. The van der Waals surface area contributed by atoms with Crippen molar-refractivity contribution in [1.82, 2.24) is 10.3 Å². The molecule has 1 aromatic rings. The summed E-state index contributed by atoms with van der Waals surface area (Å²) in [7, 11) is 0. The third-order valence-electron chi connectivity index (χ3n) is 3.30. The molecule has 0 saturated carbocycles. The molecule has 0 radical (unpaired) electrons. The minimum absolute atomic E-state index is 0.102.